The lowest BCUT2D eigenvalue weighted by Gasteiger charge is -2.07. The summed E-state index contributed by atoms with van der Waals surface area (Å²) in [5, 5.41) is 3.99. The van der Waals surface area contributed by atoms with Gasteiger partial charge in [-0.1, -0.05) is 0 Å². The minimum absolute atomic E-state index is 0.0811. The standard InChI is InChI=1S/C13H16N4O3/c1-2-17-12(15-9-16-17)7-20-13(18)8-19-11-5-3-10(14)4-6-11/h3-6,9H,2,7-8,14H2,1H3. The van der Waals surface area contributed by atoms with E-state index in [2.05, 4.69) is 10.1 Å². The van der Waals surface area contributed by atoms with Crippen molar-refractivity contribution in [1.82, 2.24) is 14.8 Å². The van der Waals surface area contributed by atoms with Crippen LogP contribution in [0.1, 0.15) is 12.7 Å². The average molecular weight is 276 g/mol. The van der Waals surface area contributed by atoms with Gasteiger partial charge in [-0.2, -0.15) is 5.10 Å². The summed E-state index contributed by atoms with van der Waals surface area (Å²) in [6.45, 7) is 2.53. The summed E-state index contributed by atoms with van der Waals surface area (Å²) in [6.07, 6.45) is 1.43. The molecule has 0 aliphatic carbocycles. The molecule has 1 aromatic heterocycles. The summed E-state index contributed by atoms with van der Waals surface area (Å²) >= 11 is 0. The SMILES string of the molecule is CCn1ncnc1COC(=O)COc1ccc(N)cc1. The fraction of sp³-hybridized carbons (Fsp3) is 0.308. The summed E-state index contributed by atoms with van der Waals surface area (Å²) in [5.74, 6) is 0.702. The Bertz CT molecular complexity index is 565. The number of esters is 1. The Kier molecular flexibility index (Phi) is 4.54. The molecule has 20 heavy (non-hydrogen) atoms. The Morgan fingerprint density at radius 1 is 1.35 bits per heavy atom. The largest absolute Gasteiger partial charge is 0.482 e. The van der Waals surface area contributed by atoms with Crippen LogP contribution in [0, 0.1) is 0 Å². The van der Waals surface area contributed by atoms with E-state index in [0.29, 0.717) is 23.8 Å². The third-order valence-electron chi connectivity index (χ3n) is 2.59. The van der Waals surface area contributed by atoms with E-state index in [1.807, 2.05) is 6.92 Å². The van der Waals surface area contributed by atoms with E-state index >= 15 is 0 Å². The number of rotatable bonds is 6. The molecule has 0 atom stereocenters. The van der Waals surface area contributed by atoms with Gasteiger partial charge in [0.2, 0.25) is 0 Å². The number of nitrogen functional groups attached to an aromatic ring is 1. The quantitative estimate of drug-likeness (QED) is 0.625. The maximum atomic E-state index is 11.5. The molecule has 0 bridgehead atoms. The summed E-state index contributed by atoms with van der Waals surface area (Å²) in [5.41, 5.74) is 6.19. The molecule has 0 radical (unpaired) electrons. The number of carbonyl (C=O) groups is 1. The third-order valence-corrected chi connectivity index (χ3v) is 2.59. The molecular formula is C13H16N4O3. The van der Waals surface area contributed by atoms with Gasteiger partial charge in [0.25, 0.3) is 0 Å². The highest BCUT2D eigenvalue weighted by molar-refractivity contribution is 5.71. The van der Waals surface area contributed by atoms with Crippen LogP contribution in [0.3, 0.4) is 0 Å². The second-order valence-corrected chi connectivity index (χ2v) is 4.01. The van der Waals surface area contributed by atoms with Crippen molar-refractivity contribution in [1.29, 1.82) is 0 Å². The predicted molar refractivity (Wildman–Crippen MR) is 71.8 cm³/mol. The summed E-state index contributed by atoms with van der Waals surface area (Å²) in [7, 11) is 0. The van der Waals surface area contributed by atoms with Crippen LogP contribution in [0.5, 0.6) is 5.75 Å². The van der Waals surface area contributed by atoms with Gasteiger partial charge in [0.15, 0.2) is 19.0 Å². The maximum absolute atomic E-state index is 11.5. The Morgan fingerprint density at radius 2 is 2.10 bits per heavy atom. The number of ether oxygens (including phenoxy) is 2. The van der Waals surface area contributed by atoms with Crippen LogP contribution in [-0.4, -0.2) is 27.3 Å². The lowest BCUT2D eigenvalue weighted by atomic mass is 10.3. The lowest BCUT2D eigenvalue weighted by molar-refractivity contribution is -0.147. The number of nitrogens with zero attached hydrogens (tertiary/aromatic N) is 3. The van der Waals surface area contributed by atoms with Gasteiger partial charge in [0.05, 0.1) is 0 Å². The molecule has 106 valence electrons. The van der Waals surface area contributed by atoms with Gasteiger partial charge >= 0.3 is 5.97 Å². The minimum Gasteiger partial charge on any atom is -0.482 e. The number of nitrogens with two attached hydrogens (primary N) is 1. The first-order chi connectivity index (χ1) is 9.69. The summed E-state index contributed by atoms with van der Waals surface area (Å²) < 4.78 is 12.0. The number of hydrogen-bond acceptors (Lipinski definition) is 6. The molecule has 2 N–H and O–H groups in total. The number of benzene rings is 1. The Morgan fingerprint density at radius 3 is 2.80 bits per heavy atom. The first-order valence-electron chi connectivity index (χ1n) is 6.19. The van der Waals surface area contributed by atoms with Gasteiger partial charge in [-0.3, -0.25) is 0 Å². The highest BCUT2D eigenvalue weighted by Gasteiger charge is 2.08. The Labute approximate surface area is 116 Å². The zero-order valence-electron chi connectivity index (χ0n) is 11.2. The maximum Gasteiger partial charge on any atom is 0.344 e. The molecule has 2 aromatic rings. The van der Waals surface area contributed by atoms with Crippen molar-refractivity contribution in [2.75, 3.05) is 12.3 Å². The van der Waals surface area contributed by atoms with Crippen molar-refractivity contribution in [2.24, 2.45) is 0 Å². The van der Waals surface area contributed by atoms with E-state index in [4.69, 9.17) is 15.2 Å². The van der Waals surface area contributed by atoms with Crippen LogP contribution in [0.2, 0.25) is 0 Å². The fourth-order valence-electron chi connectivity index (χ4n) is 1.56. The van der Waals surface area contributed by atoms with Gasteiger partial charge < -0.3 is 15.2 Å². The molecule has 0 amide bonds. The van der Waals surface area contributed by atoms with E-state index in [0.717, 1.165) is 0 Å². The molecule has 7 nitrogen and oxygen atoms in total. The van der Waals surface area contributed by atoms with E-state index < -0.39 is 5.97 Å². The second kappa shape index (κ2) is 6.55. The number of anilines is 1. The van der Waals surface area contributed by atoms with Crippen molar-refractivity contribution in [3.05, 3.63) is 36.4 Å². The first-order valence-corrected chi connectivity index (χ1v) is 6.19. The van der Waals surface area contributed by atoms with Crippen LogP contribution in [0.15, 0.2) is 30.6 Å². The van der Waals surface area contributed by atoms with Crippen molar-refractivity contribution in [3.8, 4) is 5.75 Å². The molecule has 0 aliphatic heterocycles. The highest BCUT2D eigenvalue weighted by Crippen LogP contribution is 2.12. The molecular weight excluding hydrogens is 260 g/mol. The minimum atomic E-state index is -0.465. The van der Waals surface area contributed by atoms with Gasteiger partial charge in [-0.15, -0.1) is 0 Å². The highest BCUT2D eigenvalue weighted by atomic mass is 16.6. The van der Waals surface area contributed by atoms with Crippen molar-refractivity contribution in [2.45, 2.75) is 20.1 Å². The smallest absolute Gasteiger partial charge is 0.344 e. The monoisotopic (exact) mass is 276 g/mol. The van der Waals surface area contributed by atoms with Crippen LogP contribution >= 0.6 is 0 Å². The number of aryl methyl sites for hydroxylation is 1. The van der Waals surface area contributed by atoms with Crippen molar-refractivity contribution in [3.63, 3.8) is 0 Å². The van der Waals surface area contributed by atoms with E-state index in [1.54, 1.807) is 28.9 Å². The van der Waals surface area contributed by atoms with Gasteiger partial charge in [-0.05, 0) is 31.2 Å². The van der Waals surface area contributed by atoms with E-state index in [1.165, 1.54) is 6.33 Å². The molecule has 1 heterocycles. The van der Waals surface area contributed by atoms with E-state index in [9.17, 15) is 4.79 Å². The van der Waals surface area contributed by atoms with E-state index in [-0.39, 0.29) is 13.2 Å². The lowest BCUT2D eigenvalue weighted by Crippen LogP contribution is -2.16. The number of carbonyl (C=O) groups excluding carboxylic acids is 1. The zero-order valence-corrected chi connectivity index (χ0v) is 11.2. The second-order valence-electron chi connectivity index (χ2n) is 4.01. The van der Waals surface area contributed by atoms with Crippen molar-refractivity contribution < 1.29 is 14.3 Å². The average Bonchev–Trinajstić information content (AvgIpc) is 2.92. The Balaban J connectivity index is 1.77. The van der Waals surface area contributed by atoms with Crippen LogP contribution in [0.4, 0.5) is 5.69 Å². The molecule has 0 spiro atoms. The molecule has 2 rings (SSSR count). The molecule has 0 fully saturated rings. The molecule has 0 aliphatic rings. The topological polar surface area (TPSA) is 92.3 Å². The van der Waals surface area contributed by atoms with Crippen LogP contribution < -0.4 is 10.5 Å². The third kappa shape index (κ3) is 3.71. The number of hydrogen-bond donors (Lipinski definition) is 1. The van der Waals surface area contributed by atoms with Gasteiger partial charge in [0.1, 0.15) is 12.1 Å². The fourth-order valence-corrected chi connectivity index (χ4v) is 1.56. The zero-order chi connectivity index (χ0) is 14.4. The summed E-state index contributed by atoms with van der Waals surface area (Å²) in [4.78, 5) is 15.6. The first kappa shape index (κ1) is 13.9. The molecule has 7 heteroatoms. The summed E-state index contributed by atoms with van der Waals surface area (Å²) in [6, 6.07) is 6.78. The molecule has 0 unspecified atom stereocenters. The van der Waals surface area contributed by atoms with Crippen LogP contribution in [0.25, 0.3) is 0 Å². The van der Waals surface area contributed by atoms with Crippen LogP contribution in [-0.2, 0) is 22.7 Å². The Hall–Kier alpha value is -2.57. The number of aromatic nitrogens is 3. The molecule has 1 aromatic carbocycles. The van der Waals surface area contributed by atoms with Crippen molar-refractivity contribution >= 4 is 11.7 Å². The molecule has 0 saturated carbocycles. The molecule has 0 saturated heterocycles. The predicted octanol–water partition coefficient (Wildman–Crippen LogP) is 1.00. The van der Waals surface area contributed by atoms with Gasteiger partial charge in [-0.25, -0.2) is 14.5 Å². The normalized spacial score (nSPS) is 10.2. The van der Waals surface area contributed by atoms with Gasteiger partial charge in [0, 0.05) is 12.2 Å².